The molecule has 0 aliphatic rings. The van der Waals surface area contributed by atoms with Crippen molar-refractivity contribution in [3.05, 3.63) is 83.9 Å². The highest BCUT2D eigenvalue weighted by Crippen LogP contribution is 2.18. The minimum Gasteiger partial charge on any atom is -0.484 e. The Morgan fingerprint density at radius 1 is 0.926 bits per heavy atom. The van der Waals surface area contributed by atoms with Crippen LogP contribution in [0, 0.1) is 0 Å². The first kappa shape index (κ1) is 18.4. The van der Waals surface area contributed by atoms with E-state index in [1.165, 1.54) is 4.90 Å². The molecule has 0 spiro atoms. The standard InChI is InChI=1S/C23H21NO3/c1-24(2)23(26)16-27-21-9-5-8-20(15-21)22(25)13-11-17-10-12-18-6-3-4-7-19(18)14-17/h3-15H,16H2,1-2H3. The highest BCUT2D eigenvalue weighted by Gasteiger charge is 2.07. The molecule has 0 bridgehead atoms. The molecule has 4 nitrogen and oxygen atoms in total. The quantitative estimate of drug-likeness (QED) is 0.489. The number of rotatable bonds is 6. The van der Waals surface area contributed by atoms with Crippen molar-refractivity contribution in [2.24, 2.45) is 0 Å². The summed E-state index contributed by atoms with van der Waals surface area (Å²) in [7, 11) is 3.34. The van der Waals surface area contributed by atoms with E-state index in [-0.39, 0.29) is 18.3 Å². The Labute approximate surface area is 158 Å². The lowest BCUT2D eigenvalue weighted by molar-refractivity contribution is -0.130. The van der Waals surface area contributed by atoms with E-state index in [0.29, 0.717) is 11.3 Å². The van der Waals surface area contributed by atoms with Gasteiger partial charge in [-0.3, -0.25) is 9.59 Å². The predicted molar refractivity (Wildman–Crippen MR) is 108 cm³/mol. The van der Waals surface area contributed by atoms with E-state index in [1.807, 2.05) is 36.4 Å². The highest BCUT2D eigenvalue weighted by molar-refractivity contribution is 6.07. The van der Waals surface area contributed by atoms with Crippen LogP contribution in [0.2, 0.25) is 0 Å². The van der Waals surface area contributed by atoms with Crippen molar-refractivity contribution in [2.45, 2.75) is 0 Å². The first-order chi connectivity index (χ1) is 13.0. The topological polar surface area (TPSA) is 46.6 Å². The lowest BCUT2D eigenvalue weighted by atomic mass is 10.1. The molecule has 0 fully saturated rings. The summed E-state index contributed by atoms with van der Waals surface area (Å²) in [4.78, 5) is 25.5. The minimum atomic E-state index is -0.136. The number of amides is 1. The Morgan fingerprint density at radius 2 is 1.70 bits per heavy atom. The van der Waals surface area contributed by atoms with Gasteiger partial charge in [0.05, 0.1) is 0 Å². The zero-order chi connectivity index (χ0) is 19.2. The molecule has 27 heavy (non-hydrogen) atoms. The third kappa shape index (κ3) is 4.82. The molecule has 0 saturated heterocycles. The summed E-state index contributed by atoms with van der Waals surface area (Å²) in [6.07, 6.45) is 3.35. The Kier molecular flexibility index (Phi) is 5.67. The number of benzene rings is 3. The van der Waals surface area contributed by atoms with Crippen molar-refractivity contribution in [1.82, 2.24) is 4.90 Å². The number of hydrogen-bond acceptors (Lipinski definition) is 3. The van der Waals surface area contributed by atoms with Crippen LogP contribution >= 0.6 is 0 Å². The van der Waals surface area contributed by atoms with Gasteiger partial charge in [-0.25, -0.2) is 0 Å². The minimum absolute atomic E-state index is 0.0580. The molecule has 0 unspecified atom stereocenters. The Balaban J connectivity index is 1.70. The third-order valence-electron chi connectivity index (χ3n) is 4.18. The van der Waals surface area contributed by atoms with Gasteiger partial charge < -0.3 is 9.64 Å². The molecule has 0 N–H and O–H groups in total. The zero-order valence-electron chi connectivity index (χ0n) is 15.4. The van der Waals surface area contributed by atoms with E-state index in [4.69, 9.17) is 4.74 Å². The fraction of sp³-hybridized carbons (Fsp3) is 0.130. The molecule has 1 amide bonds. The van der Waals surface area contributed by atoms with Crippen LogP contribution in [0.15, 0.2) is 72.8 Å². The summed E-state index contributed by atoms with van der Waals surface area (Å²) in [5.74, 6) is 0.241. The number of ketones is 1. The van der Waals surface area contributed by atoms with Crippen LogP contribution in [-0.2, 0) is 4.79 Å². The maximum Gasteiger partial charge on any atom is 0.259 e. The van der Waals surface area contributed by atoms with Gasteiger partial charge in [-0.2, -0.15) is 0 Å². The van der Waals surface area contributed by atoms with Crippen LogP contribution in [0.5, 0.6) is 5.75 Å². The smallest absolute Gasteiger partial charge is 0.259 e. The van der Waals surface area contributed by atoms with Gasteiger partial charge in [-0.05, 0) is 40.6 Å². The van der Waals surface area contributed by atoms with Crippen molar-refractivity contribution in [3.8, 4) is 5.75 Å². The van der Waals surface area contributed by atoms with E-state index in [2.05, 4.69) is 6.07 Å². The Bertz CT molecular complexity index is 1010. The van der Waals surface area contributed by atoms with Crippen LogP contribution in [0.25, 0.3) is 16.8 Å². The Hall–Kier alpha value is -3.40. The van der Waals surface area contributed by atoms with Crippen LogP contribution in [0.3, 0.4) is 0 Å². The largest absolute Gasteiger partial charge is 0.484 e. The summed E-state index contributed by atoms with van der Waals surface area (Å²) >= 11 is 0. The van der Waals surface area contributed by atoms with Crippen molar-refractivity contribution < 1.29 is 14.3 Å². The van der Waals surface area contributed by atoms with E-state index in [9.17, 15) is 9.59 Å². The van der Waals surface area contributed by atoms with Crippen molar-refractivity contribution in [2.75, 3.05) is 20.7 Å². The molecule has 0 atom stereocenters. The summed E-state index contributed by atoms with van der Waals surface area (Å²) in [6, 6.07) is 21.0. The number of nitrogens with zero attached hydrogens (tertiary/aromatic N) is 1. The van der Waals surface area contributed by atoms with Gasteiger partial charge in [0.25, 0.3) is 5.91 Å². The molecule has 3 aromatic rings. The maximum atomic E-state index is 12.5. The lowest BCUT2D eigenvalue weighted by Crippen LogP contribution is -2.27. The van der Waals surface area contributed by atoms with Crippen molar-refractivity contribution in [3.63, 3.8) is 0 Å². The second kappa shape index (κ2) is 8.32. The lowest BCUT2D eigenvalue weighted by Gasteiger charge is -2.11. The van der Waals surface area contributed by atoms with Crippen LogP contribution in [-0.4, -0.2) is 37.3 Å². The van der Waals surface area contributed by atoms with Crippen LogP contribution in [0.4, 0.5) is 0 Å². The molecule has 0 saturated carbocycles. The zero-order valence-corrected chi connectivity index (χ0v) is 15.4. The number of carbonyl (C=O) groups is 2. The third-order valence-corrected chi connectivity index (χ3v) is 4.18. The molecule has 136 valence electrons. The second-order valence-corrected chi connectivity index (χ2v) is 6.41. The normalized spacial score (nSPS) is 10.9. The molecule has 0 radical (unpaired) electrons. The Morgan fingerprint density at radius 3 is 2.48 bits per heavy atom. The van der Waals surface area contributed by atoms with Gasteiger partial charge in [-0.15, -0.1) is 0 Å². The average molecular weight is 359 g/mol. The number of likely N-dealkylation sites (N-methyl/N-ethyl adjacent to an activating group) is 1. The number of ether oxygens (including phenoxy) is 1. The van der Waals surface area contributed by atoms with Crippen molar-refractivity contribution in [1.29, 1.82) is 0 Å². The monoisotopic (exact) mass is 359 g/mol. The fourth-order valence-corrected chi connectivity index (χ4v) is 2.59. The van der Waals surface area contributed by atoms with Crippen LogP contribution < -0.4 is 4.74 Å². The number of hydrogen-bond donors (Lipinski definition) is 0. The van der Waals surface area contributed by atoms with Gasteiger partial charge >= 0.3 is 0 Å². The van der Waals surface area contributed by atoms with E-state index in [0.717, 1.165) is 16.3 Å². The molecular weight excluding hydrogens is 338 g/mol. The molecule has 0 aliphatic carbocycles. The molecule has 0 heterocycles. The maximum absolute atomic E-state index is 12.5. The fourth-order valence-electron chi connectivity index (χ4n) is 2.59. The number of fused-ring (bicyclic) bond motifs is 1. The van der Waals surface area contributed by atoms with Gasteiger partial charge in [0, 0.05) is 19.7 Å². The van der Waals surface area contributed by atoms with Gasteiger partial charge in [0.15, 0.2) is 12.4 Å². The molecule has 0 aliphatic heterocycles. The number of allylic oxidation sites excluding steroid dienone is 1. The first-order valence-electron chi connectivity index (χ1n) is 8.67. The summed E-state index contributed by atoms with van der Waals surface area (Å²) in [5.41, 5.74) is 1.48. The molecule has 4 heteroatoms. The van der Waals surface area contributed by atoms with Gasteiger partial charge in [0.1, 0.15) is 5.75 Å². The summed E-state index contributed by atoms with van der Waals surface area (Å²) in [5, 5.41) is 2.30. The van der Waals surface area contributed by atoms with Gasteiger partial charge in [-0.1, -0.05) is 54.6 Å². The van der Waals surface area contributed by atoms with E-state index in [1.54, 1.807) is 50.5 Å². The van der Waals surface area contributed by atoms with Crippen molar-refractivity contribution >= 4 is 28.5 Å². The second-order valence-electron chi connectivity index (χ2n) is 6.41. The molecule has 0 aromatic heterocycles. The summed E-state index contributed by atoms with van der Waals surface area (Å²) < 4.78 is 5.46. The first-order valence-corrected chi connectivity index (χ1v) is 8.67. The molecule has 3 aromatic carbocycles. The van der Waals surface area contributed by atoms with Crippen LogP contribution in [0.1, 0.15) is 15.9 Å². The molecule has 3 rings (SSSR count). The van der Waals surface area contributed by atoms with E-state index >= 15 is 0 Å². The highest BCUT2D eigenvalue weighted by atomic mass is 16.5. The molecular formula is C23H21NO3. The SMILES string of the molecule is CN(C)C(=O)COc1cccc(C(=O)C=Cc2ccc3ccccc3c2)c1. The van der Waals surface area contributed by atoms with E-state index < -0.39 is 0 Å². The average Bonchev–Trinajstić information content (AvgIpc) is 2.70. The predicted octanol–water partition coefficient (Wildman–Crippen LogP) is 4.20. The number of carbonyl (C=O) groups excluding carboxylic acids is 2. The summed E-state index contributed by atoms with van der Waals surface area (Å²) in [6.45, 7) is -0.0580. The van der Waals surface area contributed by atoms with Gasteiger partial charge in [0.2, 0.25) is 0 Å².